The van der Waals surface area contributed by atoms with Crippen molar-refractivity contribution in [1.29, 1.82) is 0 Å². The van der Waals surface area contributed by atoms with Crippen molar-refractivity contribution in [2.24, 2.45) is 0 Å². The molecule has 3 aliphatic heterocycles. The number of piperazine rings is 1. The lowest BCUT2D eigenvalue weighted by molar-refractivity contribution is -0.120. The van der Waals surface area contributed by atoms with Crippen molar-refractivity contribution in [2.45, 2.75) is 31.7 Å². The van der Waals surface area contributed by atoms with Crippen molar-refractivity contribution in [3.05, 3.63) is 114 Å². The van der Waals surface area contributed by atoms with Gasteiger partial charge in [0.15, 0.2) is 0 Å². The van der Waals surface area contributed by atoms with Gasteiger partial charge in [-0.3, -0.25) is 24.1 Å². The van der Waals surface area contributed by atoms with Crippen LogP contribution >= 0.6 is 0 Å². The zero-order valence-electron chi connectivity index (χ0n) is 27.7. The molecule has 0 radical (unpaired) electrons. The van der Waals surface area contributed by atoms with Crippen LogP contribution in [0.3, 0.4) is 0 Å². The highest BCUT2D eigenvalue weighted by atomic mass is 16.2. The van der Waals surface area contributed by atoms with Gasteiger partial charge in [-0.25, -0.2) is 4.98 Å². The zero-order chi connectivity index (χ0) is 33.7. The summed E-state index contributed by atoms with van der Waals surface area (Å²) in [6.45, 7) is 5.16. The predicted molar refractivity (Wildman–Crippen MR) is 188 cm³/mol. The Morgan fingerprint density at radius 3 is 1.43 bits per heavy atom. The van der Waals surface area contributed by atoms with E-state index < -0.39 is 0 Å². The van der Waals surface area contributed by atoms with Crippen molar-refractivity contribution in [3.8, 4) is 22.5 Å². The highest BCUT2D eigenvalue weighted by Crippen LogP contribution is 2.27. The number of amides is 3. The molecule has 250 valence electrons. The summed E-state index contributed by atoms with van der Waals surface area (Å²) in [5.74, 6) is 0.112. The molecular formula is C40H41N5O4. The summed E-state index contributed by atoms with van der Waals surface area (Å²) in [7, 11) is 0. The van der Waals surface area contributed by atoms with Gasteiger partial charge < -0.3 is 14.7 Å². The average molecular weight is 656 g/mol. The molecule has 0 unspecified atom stereocenters. The molecule has 4 heterocycles. The van der Waals surface area contributed by atoms with Crippen LogP contribution in [-0.2, 0) is 4.79 Å². The summed E-state index contributed by atoms with van der Waals surface area (Å²) in [6.07, 6.45) is 2.58. The first-order valence-electron chi connectivity index (χ1n) is 17.3. The molecule has 0 N–H and O–H groups in total. The van der Waals surface area contributed by atoms with Crippen molar-refractivity contribution >= 4 is 23.5 Å². The van der Waals surface area contributed by atoms with E-state index in [1.54, 1.807) is 29.2 Å². The van der Waals surface area contributed by atoms with Crippen LogP contribution in [0.4, 0.5) is 0 Å². The number of piperidine rings is 2. The van der Waals surface area contributed by atoms with E-state index in [-0.39, 0.29) is 23.5 Å². The lowest BCUT2D eigenvalue weighted by Gasteiger charge is -2.42. The molecule has 49 heavy (non-hydrogen) atoms. The first-order valence-corrected chi connectivity index (χ1v) is 17.3. The van der Waals surface area contributed by atoms with E-state index in [0.29, 0.717) is 74.8 Å². The van der Waals surface area contributed by atoms with E-state index in [1.165, 1.54) is 0 Å². The van der Waals surface area contributed by atoms with Gasteiger partial charge in [0.1, 0.15) is 5.78 Å². The normalized spacial score (nSPS) is 17.6. The molecule has 7 rings (SSSR count). The third kappa shape index (κ3) is 7.32. The maximum atomic E-state index is 13.9. The predicted octanol–water partition coefficient (Wildman–Crippen LogP) is 5.28. The molecule has 0 saturated carbocycles. The minimum atomic E-state index is -0.0937. The van der Waals surface area contributed by atoms with Gasteiger partial charge in [-0.05, 0) is 49.2 Å². The van der Waals surface area contributed by atoms with Crippen LogP contribution in [0.15, 0.2) is 97.1 Å². The van der Waals surface area contributed by atoms with Crippen molar-refractivity contribution < 1.29 is 19.2 Å². The van der Waals surface area contributed by atoms with E-state index in [9.17, 15) is 19.2 Å². The molecule has 3 saturated heterocycles. The van der Waals surface area contributed by atoms with Gasteiger partial charge in [0.25, 0.3) is 17.7 Å². The van der Waals surface area contributed by atoms with Crippen molar-refractivity contribution in [2.75, 3.05) is 52.4 Å². The molecule has 3 aromatic carbocycles. The van der Waals surface area contributed by atoms with E-state index >= 15 is 0 Å². The molecule has 0 aliphatic carbocycles. The molecule has 0 atom stereocenters. The number of aromatic nitrogens is 1. The number of likely N-dealkylation sites (tertiary alicyclic amines) is 2. The van der Waals surface area contributed by atoms with Gasteiger partial charge >= 0.3 is 0 Å². The highest BCUT2D eigenvalue weighted by molar-refractivity contribution is 5.99. The van der Waals surface area contributed by atoms with Crippen LogP contribution in [-0.4, -0.2) is 106 Å². The molecular weight excluding hydrogens is 614 g/mol. The second kappa shape index (κ2) is 14.5. The molecule has 0 bridgehead atoms. The molecule has 0 spiro atoms. The first-order chi connectivity index (χ1) is 23.9. The standard InChI is InChI=1S/C40H41N5O4/c46-35-17-21-44(22-18-35)39(48)32-13-11-31(12-14-32)38(47)43-19-15-34(16-20-43)42-23-25-45(26-24-42)40(49)33-27-36(29-7-3-1-4-8-29)41-37(28-33)30-9-5-2-6-10-30/h1-14,27-28,34H,15-26H2. The minimum absolute atomic E-state index is 0.0153. The summed E-state index contributed by atoms with van der Waals surface area (Å²) in [4.78, 5) is 64.5. The van der Waals surface area contributed by atoms with E-state index in [2.05, 4.69) is 4.90 Å². The van der Waals surface area contributed by atoms with Gasteiger partial charge in [0.05, 0.1) is 11.4 Å². The lowest BCUT2D eigenvalue weighted by atomic mass is 10.0. The Hall–Kier alpha value is -5.15. The van der Waals surface area contributed by atoms with Crippen LogP contribution in [0.25, 0.3) is 22.5 Å². The molecule has 4 aromatic rings. The molecule has 9 heteroatoms. The van der Waals surface area contributed by atoms with Crippen LogP contribution in [0.1, 0.15) is 56.8 Å². The summed E-state index contributed by atoms with van der Waals surface area (Å²) < 4.78 is 0. The van der Waals surface area contributed by atoms with Crippen LogP contribution < -0.4 is 0 Å². The topological polar surface area (TPSA) is 94.1 Å². The number of ketones is 1. The number of benzene rings is 3. The lowest BCUT2D eigenvalue weighted by Crippen LogP contribution is -2.54. The number of hydrogen-bond acceptors (Lipinski definition) is 6. The summed E-state index contributed by atoms with van der Waals surface area (Å²) >= 11 is 0. The van der Waals surface area contributed by atoms with Crippen molar-refractivity contribution in [1.82, 2.24) is 24.6 Å². The first kappa shape index (κ1) is 32.4. The number of nitrogens with zero attached hydrogens (tertiary/aromatic N) is 5. The SMILES string of the molecule is O=C1CCN(C(=O)c2ccc(C(=O)N3CCC(N4CCN(C(=O)c5cc(-c6ccccc6)nc(-c6ccccc6)c5)CC4)CC3)cc2)CC1. The smallest absolute Gasteiger partial charge is 0.254 e. The second-order valence-electron chi connectivity index (χ2n) is 13.1. The number of hydrogen-bond donors (Lipinski definition) is 0. The minimum Gasteiger partial charge on any atom is -0.339 e. The fourth-order valence-electron chi connectivity index (χ4n) is 7.15. The summed E-state index contributed by atoms with van der Waals surface area (Å²) in [5.41, 5.74) is 5.29. The van der Waals surface area contributed by atoms with E-state index in [1.807, 2.05) is 82.6 Å². The Morgan fingerprint density at radius 1 is 0.510 bits per heavy atom. The number of carbonyl (C=O) groups is 4. The van der Waals surface area contributed by atoms with Gasteiger partial charge in [-0.15, -0.1) is 0 Å². The van der Waals surface area contributed by atoms with E-state index in [4.69, 9.17) is 4.98 Å². The average Bonchev–Trinajstić information content (AvgIpc) is 3.18. The quantitative estimate of drug-likeness (QED) is 0.281. The summed E-state index contributed by atoms with van der Waals surface area (Å²) in [6, 6.07) is 31.1. The zero-order valence-corrected chi connectivity index (χ0v) is 27.7. The van der Waals surface area contributed by atoms with E-state index in [0.717, 1.165) is 48.4 Å². The maximum Gasteiger partial charge on any atom is 0.254 e. The molecule has 3 fully saturated rings. The van der Waals surface area contributed by atoms with Gasteiger partial charge in [-0.1, -0.05) is 60.7 Å². The number of Topliss-reactive ketones (excluding diaryl/α,β-unsaturated/α-hetero) is 1. The Morgan fingerprint density at radius 2 is 0.939 bits per heavy atom. The molecule has 3 aliphatic rings. The van der Waals surface area contributed by atoms with Crippen LogP contribution in [0, 0.1) is 0 Å². The Bertz CT molecular complexity index is 1750. The summed E-state index contributed by atoms with van der Waals surface area (Å²) in [5, 5.41) is 0. The fourth-order valence-corrected chi connectivity index (χ4v) is 7.15. The van der Waals surface area contributed by atoms with Gasteiger partial charge in [-0.2, -0.15) is 0 Å². The van der Waals surface area contributed by atoms with Crippen LogP contribution in [0.5, 0.6) is 0 Å². The Labute approximate surface area is 287 Å². The maximum absolute atomic E-state index is 13.9. The van der Waals surface area contributed by atoms with Gasteiger partial charge in [0.2, 0.25) is 0 Å². The largest absolute Gasteiger partial charge is 0.339 e. The fraction of sp³-hybridized carbons (Fsp3) is 0.325. The van der Waals surface area contributed by atoms with Crippen LogP contribution in [0.2, 0.25) is 0 Å². The number of pyridine rings is 1. The molecule has 1 aromatic heterocycles. The number of carbonyl (C=O) groups excluding carboxylic acids is 4. The second-order valence-corrected chi connectivity index (χ2v) is 13.1. The third-order valence-electron chi connectivity index (χ3n) is 10.1. The van der Waals surface area contributed by atoms with Gasteiger partial charge in [0, 0.05) is 99.1 Å². The Kier molecular flexibility index (Phi) is 9.61. The van der Waals surface area contributed by atoms with Crippen molar-refractivity contribution in [3.63, 3.8) is 0 Å². The third-order valence-corrected chi connectivity index (χ3v) is 10.1. The molecule has 9 nitrogen and oxygen atoms in total. The highest BCUT2D eigenvalue weighted by Gasteiger charge is 2.31. The monoisotopic (exact) mass is 655 g/mol. The Balaban J connectivity index is 0.934. The molecule has 3 amide bonds. The number of rotatable bonds is 6.